The molecule has 1 aromatic rings. The van der Waals surface area contributed by atoms with E-state index in [1.807, 2.05) is 6.92 Å². The van der Waals surface area contributed by atoms with E-state index in [1.165, 1.54) is 5.57 Å². The maximum absolute atomic E-state index is 13.5. The Kier molecular flexibility index (Phi) is 9.20. The van der Waals surface area contributed by atoms with E-state index in [9.17, 15) is 14.7 Å². The van der Waals surface area contributed by atoms with E-state index in [0.717, 1.165) is 25.7 Å². The number of allylic oxidation sites excluding steroid dienone is 1. The third-order valence-electron chi connectivity index (χ3n) is 16.7. The lowest BCUT2D eigenvalue weighted by Crippen LogP contribution is -2.71. The van der Waals surface area contributed by atoms with E-state index in [-0.39, 0.29) is 69.5 Å². The molecule has 2 heterocycles. The summed E-state index contributed by atoms with van der Waals surface area (Å²) in [5.74, 6) is -0.645. The minimum Gasteiger partial charge on any atom is -0.481 e. The Bertz CT molecular complexity index is 1590. The summed E-state index contributed by atoms with van der Waals surface area (Å²) in [5.41, 5.74) is 17.8. The van der Waals surface area contributed by atoms with E-state index >= 15 is 0 Å². The monoisotopic (exact) mass is 711 g/mol. The van der Waals surface area contributed by atoms with Crippen LogP contribution in [0.3, 0.4) is 0 Å². The van der Waals surface area contributed by atoms with Crippen molar-refractivity contribution in [3.8, 4) is 0 Å². The fourth-order valence-electron chi connectivity index (χ4n) is 12.6. The second-order valence-electron chi connectivity index (χ2n) is 19.5. The van der Waals surface area contributed by atoms with Gasteiger partial charge >= 0.3 is 5.97 Å². The fraction of sp³-hybridized carbons (Fsp3) is 0.850. The molecule has 7 N–H and O–H groups in total. The zero-order valence-corrected chi connectivity index (χ0v) is 33.1. The molecular formula is C40H66N6O5. The average Bonchev–Trinajstić information content (AvgIpc) is 3.43. The predicted octanol–water partition coefficient (Wildman–Crippen LogP) is 6.09. The van der Waals surface area contributed by atoms with Crippen LogP contribution in [0.1, 0.15) is 125 Å². The number of rotatable bonds is 9. The third kappa shape index (κ3) is 5.13. The number of ether oxygens (including phenoxy) is 2. The molecule has 11 heteroatoms. The van der Waals surface area contributed by atoms with Crippen molar-refractivity contribution in [3.63, 3.8) is 0 Å². The second kappa shape index (κ2) is 12.3. The molecule has 11 nitrogen and oxygen atoms in total. The Morgan fingerprint density at radius 1 is 1.08 bits per heavy atom. The largest absolute Gasteiger partial charge is 0.481 e. The van der Waals surface area contributed by atoms with Gasteiger partial charge in [0.2, 0.25) is 0 Å². The van der Waals surface area contributed by atoms with E-state index in [4.69, 9.17) is 26.7 Å². The Morgan fingerprint density at radius 3 is 2.31 bits per heavy atom. The summed E-state index contributed by atoms with van der Waals surface area (Å²) in [6.45, 7) is 25.8. The SMILES string of the molecule is CC(C)[C@@H](C)[C@@]1(C)CC[C@]2(C)[C@H]3CC[C@H]4[C@]5(C)COC[C@]4(C3=CC[C@@]2(C)[C@@H]1C(=O)O)C(C)[C@@H](n1nc(N)c(C(N)=O)n1)[C@@H]5OC[C@](C)(N)C(C)C. The van der Waals surface area contributed by atoms with Crippen LogP contribution in [-0.2, 0) is 14.3 Å². The number of primary amides is 1. The van der Waals surface area contributed by atoms with Crippen LogP contribution in [0.5, 0.6) is 0 Å². The number of carbonyl (C=O) groups excluding carboxylic acids is 1. The molecular weight excluding hydrogens is 644 g/mol. The molecule has 0 radical (unpaired) electrons. The Balaban J connectivity index is 1.51. The van der Waals surface area contributed by atoms with Crippen molar-refractivity contribution in [2.45, 2.75) is 126 Å². The van der Waals surface area contributed by atoms with E-state index < -0.39 is 34.2 Å². The number of carbonyl (C=O) groups is 2. The summed E-state index contributed by atoms with van der Waals surface area (Å²) >= 11 is 0. The number of aromatic nitrogens is 3. The normalized spacial score (nSPS) is 43.8. The number of carboxylic acid groups (broad SMARTS) is 1. The van der Waals surface area contributed by atoms with Crippen LogP contribution < -0.4 is 17.2 Å². The van der Waals surface area contributed by atoms with Gasteiger partial charge in [-0.3, -0.25) is 9.59 Å². The number of hydrogen-bond acceptors (Lipinski definition) is 8. The first kappa shape index (κ1) is 38.2. The molecule has 0 spiro atoms. The van der Waals surface area contributed by atoms with Crippen molar-refractivity contribution in [1.82, 2.24) is 15.0 Å². The summed E-state index contributed by atoms with van der Waals surface area (Å²) < 4.78 is 13.7. The van der Waals surface area contributed by atoms with Crippen LogP contribution in [0.2, 0.25) is 0 Å². The number of nitrogen functional groups attached to an aromatic ring is 1. The molecule has 51 heavy (non-hydrogen) atoms. The van der Waals surface area contributed by atoms with Crippen molar-refractivity contribution < 1.29 is 24.2 Å². The van der Waals surface area contributed by atoms with Crippen molar-refractivity contribution in [1.29, 1.82) is 0 Å². The molecule has 0 aromatic carbocycles. The molecule has 3 saturated carbocycles. The van der Waals surface area contributed by atoms with Crippen LogP contribution in [0, 0.1) is 68.5 Å². The zero-order valence-electron chi connectivity index (χ0n) is 33.1. The van der Waals surface area contributed by atoms with E-state index in [2.05, 4.69) is 85.5 Å². The quantitative estimate of drug-likeness (QED) is 0.220. The topological polar surface area (TPSA) is 182 Å². The molecule has 1 unspecified atom stereocenters. The van der Waals surface area contributed by atoms with Crippen LogP contribution >= 0.6 is 0 Å². The highest BCUT2D eigenvalue weighted by Gasteiger charge is 2.73. The lowest BCUT2D eigenvalue weighted by molar-refractivity contribution is -0.272. The summed E-state index contributed by atoms with van der Waals surface area (Å²) in [7, 11) is 0. The molecule has 2 bridgehead atoms. The number of aliphatic carboxylic acids is 1. The van der Waals surface area contributed by atoms with Gasteiger partial charge in [-0.1, -0.05) is 80.9 Å². The highest BCUT2D eigenvalue weighted by Crippen LogP contribution is 2.76. The Morgan fingerprint density at radius 2 is 1.75 bits per heavy atom. The number of fused-ring (bicyclic) bond motifs is 3. The van der Waals surface area contributed by atoms with Gasteiger partial charge < -0.3 is 31.8 Å². The predicted molar refractivity (Wildman–Crippen MR) is 197 cm³/mol. The van der Waals surface area contributed by atoms with Gasteiger partial charge in [0.05, 0.1) is 31.8 Å². The van der Waals surface area contributed by atoms with Gasteiger partial charge in [-0.2, -0.15) is 4.80 Å². The third-order valence-corrected chi connectivity index (χ3v) is 16.7. The number of anilines is 1. The molecule has 5 aliphatic rings. The van der Waals surface area contributed by atoms with Crippen LogP contribution in [0.15, 0.2) is 11.6 Å². The molecule has 1 saturated heterocycles. The molecule has 1 aromatic heterocycles. The maximum atomic E-state index is 13.5. The minimum absolute atomic E-state index is 0.00718. The van der Waals surface area contributed by atoms with Crippen LogP contribution in [-0.4, -0.2) is 63.4 Å². The Hall–Kier alpha value is -2.50. The molecule has 4 fully saturated rings. The molecule has 13 atom stereocenters. The van der Waals surface area contributed by atoms with Crippen molar-refractivity contribution >= 4 is 17.7 Å². The van der Waals surface area contributed by atoms with Crippen LogP contribution in [0.4, 0.5) is 5.82 Å². The average molecular weight is 711 g/mol. The highest BCUT2D eigenvalue weighted by atomic mass is 16.5. The van der Waals surface area contributed by atoms with E-state index in [1.54, 1.807) is 4.80 Å². The highest BCUT2D eigenvalue weighted by molar-refractivity contribution is 5.94. The number of hydrogen-bond donors (Lipinski definition) is 4. The summed E-state index contributed by atoms with van der Waals surface area (Å²) in [5, 5.41) is 20.4. The molecule has 286 valence electrons. The van der Waals surface area contributed by atoms with Crippen molar-refractivity contribution in [2.24, 2.45) is 80.0 Å². The van der Waals surface area contributed by atoms with Gasteiger partial charge in [-0.15, -0.1) is 10.2 Å². The first-order chi connectivity index (χ1) is 23.5. The summed E-state index contributed by atoms with van der Waals surface area (Å²) in [6.07, 6.45) is 6.60. The fourth-order valence-corrected chi connectivity index (χ4v) is 12.6. The zero-order chi connectivity index (χ0) is 37.9. The summed E-state index contributed by atoms with van der Waals surface area (Å²) in [4.78, 5) is 27.5. The van der Waals surface area contributed by atoms with Crippen molar-refractivity contribution in [2.75, 3.05) is 25.6 Å². The summed E-state index contributed by atoms with van der Waals surface area (Å²) in [6, 6.07) is -0.386. The van der Waals surface area contributed by atoms with Gasteiger partial charge in [-0.05, 0) is 90.8 Å². The molecule has 6 rings (SSSR count). The first-order valence-electron chi connectivity index (χ1n) is 19.5. The maximum Gasteiger partial charge on any atom is 0.307 e. The Labute approximate surface area is 305 Å². The molecule has 1 amide bonds. The second-order valence-corrected chi connectivity index (χ2v) is 19.5. The van der Waals surface area contributed by atoms with Crippen LogP contribution in [0.25, 0.3) is 0 Å². The molecule has 1 aliphatic heterocycles. The van der Waals surface area contributed by atoms with Crippen molar-refractivity contribution in [3.05, 3.63) is 17.3 Å². The minimum atomic E-state index is -0.719. The number of amides is 1. The molecule has 4 aliphatic carbocycles. The lowest BCUT2D eigenvalue weighted by Gasteiger charge is -2.72. The van der Waals surface area contributed by atoms with E-state index in [0.29, 0.717) is 32.2 Å². The number of nitrogens with two attached hydrogens (primary N) is 3. The number of nitrogens with zero attached hydrogens (tertiary/aromatic N) is 3. The van der Waals surface area contributed by atoms with Gasteiger partial charge in [0.1, 0.15) is 6.04 Å². The lowest BCUT2D eigenvalue weighted by atomic mass is 9.33. The van der Waals surface area contributed by atoms with Gasteiger partial charge in [0.25, 0.3) is 5.91 Å². The first-order valence-corrected chi connectivity index (χ1v) is 19.5. The smallest absolute Gasteiger partial charge is 0.307 e. The van der Waals surface area contributed by atoms with Gasteiger partial charge in [0.15, 0.2) is 11.5 Å². The number of carboxylic acids is 1. The standard InChI is InChI=1S/C40H66N6O5/c1-21(2)23(5)35(7)16-17-37(9)25-12-13-27-36(8)18-50-20-40(27,26(25)14-15-38(37,10)30(35)34(48)49)24(6)29(31(36)51-19-39(11,43)22(3)4)46-44-28(33(42)47)32(41)45-46/h14,21-25,27,29-31H,12-13,15-20,43H2,1-11H3,(H2,41,45)(H2,42,47)(H,48,49)/t23-,24?,25+,27+,29-,30-,31+,35-,36+,37-,38+,39+,40-/m1/s1. The van der Waals surface area contributed by atoms with Gasteiger partial charge in [-0.25, -0.2) is 0 Å². The van der Waals surface area contributed by atoms with Gasteiger partial charge in [0, 0.05) is 16.4 Å².